The molecule has 96 valence electrons. The molecule has 0 saturated carbocycles. The van der Waals surface area contributed by atoms with Gasteiger partial charge in [-0.3, -0.25) is 9.27 Å². The second-order valence-electron chi connectivity index (χ2n) is 3.93. The van der Waals surface area contributed by atoms with E-state index in [2.05, 4.69) is 4.72 Å². The maximum Gasteiger partial charge on any atom is 0.357 e. The Labute approximate surface area is 105 Å². The van der Waals surface area contributed by atoms with Crippen molar-refractivity contribution in [3.63, 3.8) is 0 Å². The standard InChI is InChI=1S/C12H14N2O3S/c13-8-7-9-3-1-5-11-10(9)4-2-6-12(11)14-18(15,16)17/h1-6,14H,7-8,13H2,(H,15,16,17). The maximum atomic E-state index is 10.9. The van der Waals surface area contributed by atoms with Crippen LogP contribution < -0.4 is 10.5 Å². The summed E-state index contributed by atoms with van der Waals surface area (Å²) in [7, 11) is -4.27. The van der Waals surface area contributed by atoms with Gasteiger partial charge in [-0.2, -0.15) is 8.42 Å². The monoisotopic (exact) mass is 266 g/mol. The smallest absolute Gasteiger partial charge is 0.330 e. The summed E-state index contributed by atoms with van der Waals surface area (Å²) in [5, 5.41) is 1.66. The molecule has 18 heavy (non-hydrogen) atoms. The van der Waals surface area contributed by atoms with E-state index in [0.717, 1.165) is 16.3 Å². The van der Waals surface area contributed by atoms with E-state index in [0.29, 0.717) is 18.7 Å². The van der Waals surface area contributed by atoms with E-state index in [1.54, 1.807) is 18.2 Å². The van der Waals surface area contributed by atoms with Crippen LogP contribution in [-0.4, -0.2) is 19.5 Å². The molecule has 0 unspecified atom stereocenters. The van der Waals surface area contributed by atoms with Gasteiger partial charge in [-0.1, -0.05) is 30.3 Å². The minimum absolute atomic E-state index is 0.355. The zero-order valence-electron chi connectivity index (χ0n) is 9.63. The molecule has 0 aromatic heterocycles. The van der Waals surface area contributed by atoms with Gasteiger partial charge in [0.1, 0.15) is 0 Å². The maximum absolute atomic E-state index is 10.9. The van der Waals surface area contributed by atoms with Crippen molar-refractivity contribution in [2.75, 3.05) is 11.3 Å². The lowest BCUT2D eigenvalue weighted by Crippen LogP contribution is -2.10. The van der Waals surface area contributed by atoms with Crippen molar-refractivity contribution in [1.29, 1.82) is 0 Å². The van der Waals surface area contributed by atoms with E-state index >= 15 is 0 Å². The molecule has 0 fully saturated rings. The Morgan fingerprint density at radius 3 is 2.44 bits per heavy atom. The number of nitrogens with two attached hydrogens (primary N) is 1. The summed E-state index contributed by atoms with van der Waals surface area (Å²) in [6.45, 7) is 0.523. The van der Waals surface area contributed by atoms with Gasteiger partial charge >= 0.3 is 10.3 Å². The third kappa shape index (κ3) is 2.79. The highest BCUT2D eigenvalue weighted by Crippen LogP contribution is 2.26. The zero-order chi connectivity index (χ0) is 13.2. The van der Waals surface area contributed by atoms with Crippen molar-refractivity contribution < 1.29 is 13.0 Å². The van der Waals surface area contributed by atoms with Crippen LogP contribution in [0.25, 0.3) is 10.8 Å². The number of nitrogens with one attached hydrogen (secondary N) is 1. The second-order valence-corrected chi connectivity index (χ2v) is 5.09. The highest BCUT2D eigenvalue weighted by Gasteiger charge is 2.09. The van der Waals surface area contributed by atoms with Crippen LogP contribution in [0.1, 0.15) is 5.56 Å². The lowest BCUT2D eigenvalue weighted by atomic mass is 10.0. The number of hydrogen-bond acceptors (Lipinski definition) is 3. The van der Waals surface area contributed by atoms with Gasteiger partial charge in [0.25, 0.3) is 0 Å². The highest BCUT2D eigenvalue weighted by molar-refractivity contribution is 7.87. The molecule has 0 radical (unpaired) electrons. The van der Waals surface area contributed by atoms with E-state index < -0.39 is 10.3 Å². The van der Waals surface area contributed by atoms with Crippen LogP contribution in [0, 0.1) is 0 Å². The van der Waals surface area contributed by atoms with Crippen molar-refractivity contribution >= 4 is 26.8 Å². The molecular formula is C12H14N2O3S. The van der Waals surface area contributed by atoms with Crippen LogP contribution in [0.5, 0.6) is 0 Å². The minimum Gasteiger partial charge on any atom is -0.330 e. The zero-order valence-corrected chi connectivity index (χ0v) is 10.4. The van der Waals surface area contributed by atoms with Gasteiger partial charge in [0, 0.05) is 5.39 Å². The summed E-state index contributed by atoms with van der Waals surface area (Å²) >= 11 is 0. The summed E-state index contributed by atoms with van der Waals surface area (Å²) in [5.74, 6) is 0. The first-order valence-corrected chi connectivity index (χ1v) is 6.91. The Balaban J connectivity index is 2.60. The van der Waals surface area contributed by atoms with Crippen molar-refractivity contribution in [2.24, 2.45) is 5.73 Å². The van der Waals surface area contributed by atoms with Gasteiger partial charge in [-0.05, 0) is 30.0 Å². The molecule has 0 aliphatic carbocycles. The van der Waals surface area contributed by atoms with E-state index in [4.69, 9.17) is 10.3 Å². The lowest BCUT2D eigenvalue weighted by molar-refractivity contribution is 0.490. The van der Waals surface area contributed by atoms with E-state index in [1.165, 1.54) is 0 Å². The Morgan fingerprint density at radius 2 is 1.78 bits per heavy atom. The van der Waals surface area contributed by atoms with Crippen molar-refractivity contribution in [2.45, 2.75) is 6.42 Å². The number of fused-ring (bicyclic) bond motifs is 1. The number of rotatable bonds is 4. The Kier molecular flexibility index (Phi) is 3.51. The molecule has 2 aromatic carbocycles. The fraction of sp³-hybridized carbons (Fsp3) is 0.167. The summed E-state index contributed by atoms with van der Waals surface area (Å²) in [4.78, 5) is 0. The van der Waals surface area contributed by atoms with Crippen LogP contribution in [0.2, 0.25) is 0 Å². The molecule has 2 aromatic rings. The molecule has 0 atom stereocenters. The van der Waals surface area contributed by atoms with Crippen LogP contribution >= 0.6 is 0 Å². The average molecular weight is 266 g/mol. The Morgan fingerprint density at radius 1 is 1.11 bits per heavy atom. The third-order valence-electron chi connectivity index (χ3n) is 2.66. The van der Waals surface area contributed by atoms with Gasteiger partial charge in [-0.15, -0.1) is 0 Å². The molecule has 0 aliphatic rings. The predicted octanol–water partition coefficient (Wildman–Crippen LogP) is 1.56. The first-order chi connectivity index (χ1) is 8.51. The summed E-state index contributed by atoms with van der Waals surface area (Å²) in [5.41, 5.74) is 6.95. The van der Waals surface area contributed by atoms with Crippen molar-refractivity contribution in [3.8, 4) is 0 Å². The van der Waals surface area contributed by atoms with Crippen molar-refractivity contribution in [1.82, 2.24) is 0 Å². The number of anilines is 1. The van der Waals surface area contributed by atoms with Gasteiger partial charge in [0.15, 0.2) is 0 Å². The summed E-state index contributed by atoms with van der Waals surface area (Å²) in [6, 6.07) is 10.8. The van der Waals surface area contributed by atoms with Crippen LogP contribution in [0.3, 0.4) is 0 Å². The first kappa shape index (κ1) is 12.8. The minimum atomic E-state index is -4.27. The molecule has 0 spiro atoms. The van der Waals surface area contributed by atoms with Gasteiger partial charge in [-0.25, -0.2) is 0 Å². The number of benzene rings is 2. The Hall–Kier alpha value is -1.63. The summed E-state index contributed by atoms with van der Waals surface area (Å²) < 4.78 is 32.7. The van der Waals surface area contributed by atoms with Crippen LogP contribution in [0.15, 0.2) is 36.4 Å². The highest BCUT2D eigenvalue weighted by atomic mass is 32.2. The molecule has 2 rings (SSSR count). The predicted molar refractivity (Wildman–Crippen MR) is 71.9 cm³/mol. The van der Waals surface area contributed by atoms with Gasteiger partial charge < -0.3 is 5.73 Å². The van der Waals surface area contributed by atoms with Crippen LogP contribution in [0.4, 0.5) is 5.69 Å². The third-order valence-corrected chi connectivity index (χ3v) is 3.14. The van der Waals surface area contributed by atoms with Crippen molar-refractivity contribution in [3.05, 3.63) is 42.0 Å². The van der Waals surface area contributed by atoms with Crippen LogP contribution in [-0.2, 0) is 16.7 Å². The van der Waals surface area contributed by atoms with Gasteiger partial charge in [0.2, 0.25) is 0 Å². The van der Waals surface area contributed by atoms with E-state index in [1.807, 2.05) is 18.2 Å². The quantitative estimate of drug-likeness (QED) is 0.732. The first-order valence-electron chi connectivity index (χ1n) is 5.47. The normalized spacial score (nSPS) is 11.7. The Bertz CT molecular complexity index is 668. The fourth-order valence-corrected chi connectivity index (χ4v) is 2.43. The molecule has 0 bridgehead atoms. The number of hydrogen-bond donors (Lipinski definition) is 3. The largest absolute Gasteiger partial charge is 0.357 e. The molecule has 0 heterocycles. The SMILES string of the molecule is NCCc1cccc2c(NS(=O)(=O)O)cccc12. The molecule has 0 saturated heterocycles. The molecule has 4 N–H and O–H groups in total. The topological polar surface area (TPSA) is 92.4 Å². The molecule has 0 aliphatic heterocycles. The lowest BCUT2D eigenvalue weighted by Gasteiger charge is -2.10. The van der Waals surface area contributed by atoms with E-state index in [-0.39, 0.29) is 0 Å². The summed E-state index contributed by atoms with van der Waals surface area (Å²) in [6.07, 6.45) is 0.715. The van der Waals surface area contributed by atoms with Gasteiger partial charge in [0.05, 0.1) is 5.69 Å². The molecule has 0 amide bonds. The average Bonchev–Trinajstić information content (AvgIpc) is 2.29. The second kappa shape index (κ2) is 4.93. The fourth-order valence-electron chi connectivity index (χ4n) is 1.98. The molecular weight excluding hydrogens is 252 g/mol. The molecule has 5 nitrogen and oxygen atoms in total. The molecule has 6 heteroatoms. The van der Waals surface area contributed by atoms with E-state index in [9.17, 15) is 8.42 Å².